The zero-order valence-corrected chi connectivity index (χ0v) is 31.1. The molecule has 0 atom stereocenters. The van der Waals surface area contributed by atoms with E-state index in [1.54, 1.807) is 36.7 Å². The fourth-order valence-electron chi connectivity index (χ4n) is 4.61. The number of nitriles is 4. The van der Waals surface area contributed by atoms with Crippen LogP contribution in [0.2, 0.25) is 0 Å². The molecule has 5 aromatic rings. The molecule has 0 aliphatic carbocycles. The first kappa shape index (κ1) is 42.3. The van der Waals surface area contributed by atoms with Gasteiger partial charge >= 0.3 is 0 Å². The molecule has 278 valence electrons. The van der Waals surface area contributed by atoms with Crippen LogP contribution < -0.4 is 22.5 Å². The van der Waals surface area contributed by atoms with Crippen LogP contribution >= 0.6 is 23.5 Å². The maximum Gasteiger partial charge on any atom is 0.228 e. The predicted molar refractivity (Wildman–Crippen MR) is 208 cm³/mol. The number of nitrogens with zero attached hydrogens (tertiary/aromatic N) is 8. The van der Waals surface area contributed by atoms with Crippen molar-refractivity contribution in [2.45, 2.75) is 23.9 Å². The van der Waals surface area contributed by atoms with Gasteiger partial charge in [-0.15, -0.1) is 23.5 Å². The number of nitrogens with two attached hydrogens (primary N) is 3. The van der Waals surface area contributed by atoms with E-state index in [0.717, 1.165) is 0 Å². The summed E-state index contributed by atoms with van der Waals surface area (Å²) in [6.45, 7) is 3.76. The quantitative estimate of drug-likeness (QED) is 0.0894. The molecule has 55 heavy (non-hydrogen) atoms. The molecule has 18 heteroatoms. The number of anilines is 2. The fourth-order valence-corrected chi connectivity index (χ4v) is 6.23. The van der Waals surface area contributed by atoms with Gasteiger partial charge in [-0.3, -0.25) is 14.2 Å². The lowest BCUT2D eigenvalue weighted by Crippen LogP contribution is -2.22. The second kappa shape index (κ2) is 20.8. The Morgan fingerprint density at radius 2 is 1.18 bits per heavy atom. The van der Waals surface area contributed by atoms with Crippen LogP contribution in [0, 0.1) is 45.3 Å². The Hall–Kier alpha value is -7.09. The summed E-state index contributed by atoms with van der Waals surface area (Å²) in [7, 11) is 0. The minimum Gasteiger partial charge on any atom is -0.508 e. The van der Waals surface area contributed by atoms with Crippen molar-refractivity contribution in [3.05, 3.63) is 89.5 Å². The number of nitrogens with one attached hydrogen (secondary N) is 1. The number of aromatic nitrogens is 4. The summed E-state index contributed by atoms with van der Waals surface area (Å²) in [6, 6.07) is 20.6. The van der Waals surface area contributed by atoms with Crippen LogP contribution in [0.15, 0.2) is 77.3 Å². The minimum atomic E-state index is -0.141. The summed E-state index contributed by atoms with van der Waals surface area (Å²) in [5, 5.41) is 60.2. The zero-order valence-electron chi connectivity index (χ0n) is 29.5. The molecule has 2 aromatic carbocycles. The number of rotatable bonds is 9. The van der Waals surface area contributed by atoms with Crippen LogP contribution in [0.4, 0.5) is 11.6 Å². The number of thioether (sulfide) groups is 2. The third kappa shape index (κ3) is 11.4. The van der Waals surface area contributed by atoms with E-state index in [1.807, 2.05) is 12.1 Å². The second-order valence-corrected chi connectivity index (χ2v) is 13.0. The summed E-state index contributed by atoms with van der Waals surface area (Å²) >= 11 is 2.59. The van der Waals surface area contributed by atoms with Crippen LogP contribution in [0.25, 0.3) is 22.3 Å². The smallest absolute Gasteiger partial charge is 0.228 e. The normalized spacial score (nSPS) is 9.80. The number of phenols is 2. The van der Waals surface area contributed by atoms with E-state index in [2.05, 4.69) is 32.4 Å². The van der Waals surface area contributed by atoms with E-state index in [0.29, 0.717) is 56.9 Å². The lowest BCUT2D eigenvalue weighted by Gasteiger charge is -2.13. The zero-order chi connectivity index (χ0) is 40.5. The van der Waals surface area contributed by atoms with Gasteiger partial charge in [-0.25, -0.2) is 15.0 Å². The van der Waals surface area contributed by atoms with Crippen molar-refractivity contribution >= 4 is 47.0 Å². The minimum absolute atomic E-state index is 0.0116. The lowest BCUT2D eigenvalue weighted by molar-refractivity contribution is -0.118. The number of aromatic hydroxyl groups is 2. The van der Waals surface area contributed by atoms with Gasteiger partial charge < -0.3 is 32.7 Å². The van der Waals surface area contributed by atoms with E-state index in [-0.39, 0.29) is 57.2 Å². The van der Waals surface area contributed by atoms with Crippen LogP contribution in [0.5, 0.6) is 11.5 Å². The average molecular weight is 775 g/mol. The Bertz CT molecular complexity index is 2310. The van der Waals surface area contributed by atoms with Gasteiger partial charge in [0.1, 0.15) is 74.9 Å². The Morgan fingerprint density at radius 3 is 1.51 bits per heavy atom. The third-order valence-corrected chi connectivity index (χ3v) is 9.07. The highest BCUT2D eigenvalue weighted by atomic mass is 32.2. The van der Waals surface area contributed by atoms with E-state index in [1.165, 1.54) is 72.5 Å². The number of pyridine rings is 2. The molecular weight excluding hydrogens is 741 g/mol. The molecule has 0 bridgehead atoms. The number of imidazole rings is 1. The number of amides is 1. The first-order valence-corrected chi connectivity index (χ1v) is 17.9. The maximum atomic E-state index is 10.9. The number of phenolic OH excluding ortho intramolecular Hbond substituents is 2. The molecule has 0 aliphatic rings. The molecule has 0 spiro atoms. The van der Waals surface area contributed by atoms with Gasteiger partial charge in [0.05, 0.1) is 11.1 Å². The van der Waals surface area contributed by atoms with Crippen molar-refractivity contribution in [2.24, 2.45) is 5.73 Å². The Kier molecular flexibility index (Phi) is 16.0. The highest BCUT2D eigenvalue weighted by molar-refractivity contribution is 7.99. The van der Waals surface area contributed by atoms with Crippen LogP contribution in [0.3, 0.4) is 0 Å². The molecule has 0 saturated carbocycles. The Balaban J connectivity index is 0.000000247. The number of benzene rings is 2. The monoisotopic (exact) mass is 774 g/mol. The van der Waals surface area contributed by atoms with Crippen LogP contribution in [-0.4, -0.2) is 66.1 Å². The van der Waals surface area contributed by atoms with Crippen molar-refractivity contribution < 1.29 is 19.8 Å². The van der Waals surface area contributed by atoms with Crippen LogP contribution in [0.1, 0.15) is 40.9 Å². The first-order chi connectivity index (χ1) is 26.4. The van der Waals surface area contributed by atoms with Gasteiger partial charge in [-0.1, -0.05) is 24.3 Å². The van der Waals surface area contributed by atoms with Crippen molar-refractivity contribution in [3.8, 4) is 58.0 Å². The van der Waals surface area contributed by atoms with Gasteiger partial charge in [0, 0.05) is 62.0 Å². The average Bonchev–Trinajstić information content (AvgIpc) is 3.72. The van der Waals surface area contributed by atoms with Gasteiger partial charge in [0.25, 0.3) is 0 Å². The second-order valence-electron chi connectivity index (χ2n) is 10.9. The van der Waals surface area contributed by atoms with Crippen molar-refractivity contribution in [1.29, 1.82) is 21.0 Å². The van der Waals surface area contributed by atoms with Crippen molar-refractivity contribution in [2.75, 3.05) is 36.1 Å². The molecular formula is C37H34N12O4S2. The molecule has 16 nitrogen and oxygen atoms in total. The summed E-state index contributed by atoms with van der Waals surface area (Å²) in [5.74, 6) is 1.22. The third-order valence-electron chi connectivity index (χ3n) is 7.08. The largest absolute Gasteiger partial charge is 0.508 e. The van der Waals surface area contributed by atoms with E-state index in [9.17, 15) is 40.8 Å². The number of carbonyl (C=O) groups excluding carboxylic acids is 2. The summed E-state index contributed by atoms with van der Waals surface area (Å²) < 4.78 is 1.42. The summed E-state index contributed by atoms with van der Waals surface area (Å²) in [6.07, 6.45) is 4.66. The molecule has 1 amide bonds. The highest BCUT2D eigenvalue weighted by Crippen LogP contribution is 2.37. The van der Waals surface area contributed by atoms with Gasteiger partial charge in [-0.05, 0) is 35.4 Å². The summed E-state index contributed by atoms with van der Waals surface area (Å²) in [4.78, 5) is 33.3. The molecule has 3 aromatic heterocycles. The Morgan fingerprint density at radius 1 is 0.745 bits per heavy atom. The number of hydrogen-bond acceptors (Lipinski definition) is 16. The highest BCUT2D eigenvalue weighted by Gasteiger charge is 2.21. The molecule has 0 fully saturated rings. The topological polar surface area (TPSA) is 303 Å². The molecule has 0 saturated heterocycles. The molecule has 0 radical (unpaired) electrons. The molecule has 3 heterocycles. The maximum absolute atomic E-state index is 10.9. The lowest BCUT2D eigenvalue weighted by atomic mass is 9.97. The molecule has 0 unspecified atom stereocenters. The first-order valence-electron chi connectivity index (χ1n) is 16.0. The van der Waals surface area contributed by atoms with Gasteiger partial charge in [-0.2, -0.15) is 21.0 Å². The number of carbonyl (C=O) groups is 2. The van der Waals surface area contributed by atoms with Crippen LogP contribution in [-0.2, 0) is 4.79 Å². The molecule has 9 N–H and O–H groups in total. The SMILES string of the molecule is CC(=O)NCCSc1nc(N)c(C#N)c(-c2ccc(O)cc2)c1C#N.CC(=O)n1ccnc1.N#Cc1c(N)nc(SCCN)c(C#N)c1-c1ccc(O)cc1. The van der Waals surface area contributed by atoms with E-state index < -0.39 is 0 Å². The molecule has 0 aliphatic heterocycles. The predicted octanol–water partition coefficient (Wildman–Crippen LogP) is 4.38. The van der Waals surface area contributed by atoms with E-state index in [4.69, 9.17) is 17.2 Å². The van der Waals surface area contributed by atoms with Crippen molar-refractivity contribution in [3.63, 3.8) is 0 Å². The Labute approximate surface area is 324 Å². The van der Waals surface area contributed by atoms with Gasteiger partial charge in [0.15, 0.2) is 0 Å². The number of nitrogen functional groups attached to an aromatic ring is 2. The van der Waals surface area contributed by atoms with Gasteiger partial charge in [0.2, 0.25) is 11.8 Å². The standard InChI is InChI=1S/C17H15N5O2S.C15H13N5OS.C5H6N2O/c1-10(23)21-6-7-25-17-14(9-19)15(13(8-18)16(20)22-17)11-2-4-12(24)5-3-11;16-5-6-22-15-12(8-18)13(11(7-17)14(19)20-15)9-1-3-10(21)4-2-9;1-5(8)7-3-2-6-4-7/h2-5,24H,6-7H2,1H3,(H2,20,22)(H,21,23);1-4,21H,5-6,16H2,(H2,19,20);2-4H,1H3. The fraction of sp³-hybridized carbons (Fsp3) is 0.162. The summed E-state index contributed by atoms with van der Waals surface area (Å²) in [5.41, 5.74) is 20.1. The number of hydrogen-bond donors (Lipinski definition) is 6. The van der Waals surface area contributed by atoms with E-state index >= 15 is 0 Å². The van der Waals surface area contributed by atoms with Crippen molar-refractivity contribution in [1.82, 2.24) is 24.8 Å². The molecule has 5 rings (SSSR count).